The van der Waals surface area contributed by atoms with Crippen molar-refractivity contribution in [1.29, 1.82) is 0 Å². The van der Waals surface area contributed by atoms with E-state index in [2.05, 4.69) is 25.3 Å². The van der Waals surface area contributed by atoms with E-state index in [1.54, 1.807) is 0 Å². The van der Waals surface area contributed by atoms with Crippen LogP contribution in [-0.4, -0.2) is 17.6 Å². The van der Waals surface area contributed by atoms with E-state index in [0.717, 1.165) is 18.8 Å². The van der Waals surface area contributed by atoms with Gasteiger partial charge in [-0.05, 0) is 12.0 Å². The summed E-state index contributed by atoms with van der Waals surface area (Å²) in [5.41, 5.74) is 1.22. The molecule has 0 aliphatic heterocycles. The Balaban J connectivity index is 2.26. The number of allylic oxidation sites excluding steroid dienone is 1. The Hall–Kier alpha value is -0.990. The summed E-state index contributed by atoms with van der Waals surface area (Å²) >= 11 is 1.87. The highest BCUT2D eigenvalue weighted by atomic mass is 32.2. The van der Waals surface area contributed by atoms with E-state index in [1.165, 1.54) is 5.56 Å². The van der Waals surface area contributed by atoms with E-state index in [0.29, 0.717) is 11.9 Å². The van der Waals surface area contributed by atoms with Crippen LogP contribution in [0.15, 0.2) is 55.6 Å². The van der Waals surface area contributed by atoms with Gasteiger partial charge in [0.2, 0.25) is 0 Å². The maximum atomic E-state index is 5.73. The molecule has 0 bridgehead atoms. The second-order valence-electron chi connectivity index (χ2n) is 3.77. The van der Waals surface area contributed by atoms with Crippen molar-refractivity contribution in [2.45, 2.75) is 18.3 Å². The smallest absolute Gasteiger partial charge is 0.0717 e. The van der Waals surface area contributed by atoms with Crippen LogP contribution in [0.4, 0.5) is 0 Å². The minimum atomic E-state index is 0.481. The third-order valence-corrected chi connectivity index (χ3v) is 3.52. The summed E-state index contributed by atoms with van der Waals surface area (Å²) in [4.78, 5) is 0. The van der Waals surface area contributed by atoms with Gasteiger partial charge < -0.3 is 4.74 Å². The number of hydrogen-bond donors (Lipinski definition) is 0. The Bertz CT molecular complexity index is 321. The topological polar surface area (TPSA) is 9.23 Å². The van der Waals surface area contributed by atoms with Gasteiger partial charge in [-0.25, -0.2) is 0 Å². The minimum Gasteiger partial charge on any atom is -0.376 e. The Morgan fingerprint density at radius 2 is 1.94 bits per heavy atom. The van der Waals surface area contributed by atoms with Crippen LogP contribution in [0.25, 0.3) is 0 Å². The van der Waals surface area contributed by atoms with Crippen LogP contribution in [0.5, 0.6) is 0 Å². The van der Waals surface area contributed by atoms with Crippen molar-refractivity contribution in [2.75, 3.05) is 12.4 Å². The Morgan fingerprint density at radius 3 is 2.59 bits per heavy atom. The van der Waals surface area contributed by atoms with Crippen LogP contribution in [0.3, 0.4) is 0 Å². The molecule has 0 heterocycles. The number of rotatable bonds is 9. The van der Waals surface area contributed by atoms with Crippen LogP contribution in [-0.2, 0) is 11.3 Å². The van der Waals surface area contributed by atoms with Gasteiger partial charge in [-0.3, -0.25) is 0 Å². The van der Waals surface area contributed by atoms with E-state index in [-0.39, 0.29) is 0 Å². The molecule has 92 valence electrons. The molecule has 17 heavy (non-hydrogen) atoms. The third-order valence-electron chi connectivity index (χ3n) is 2.29. The summed E-state index contributed by atoms with van der Waals surface area (Å²) < 4.78 is 5.73. The monoisotopic (exact) mass is 248 g/mol. The average molecular weight is 248 g/mol. The Kier molecular flexibility index (Phi) is 7.52. The first-order valence-corrected chi connectivity index (χ1v) is 6.86. The van der Waals surface area contributed by atoms with Crippen molar-refractivity contribution in [1.82, 2.24) is 0 Å². The molecule has 1 nitrogen and oxygen atoms in total. The molecule has 1 rings (SSSR count). The van der Waals surface area contributed by atoms with E-state index < -0.39 is 0 Å². The minimum absolute atomic E-state index is 0.481. The van der Waals surface area contributed by atoms with Gasteiger partial charge >= 0.3 is 0 Å². The zero-order chi connectivity index (χ0) is 12.3. The lowest BCUT2D eigenvalue weighted by Gasteiger charge is -2.14. The Labute approximate surface area is 109 Å². The first-order chi connectivity index (χ1) is 8.36. The molecule has 0 aliphatic rings. The molecule has 0 aliphatic carbocycles. The molecule has 1 aromatic carbocycles. The summed E-state index contributed by atoms with van der Waals surface area (Å²) in [5.74, 6) is 0.965. The van der Waals surface area contributed by atoms with Crippen LogP contribution in [0.2, 0.25) is 0 Å². The van der Waals surface area contributed by atoms with Gasteiger partial charge in [0.05, 0.1) is 13.2 Å². The van der Waals surface area contributed by atoms with Crippen molar-refractivity contribution in [2.24, 2.45) is 0 Å². The summed E-state index contributed by atoms with van der Waals surface area (Å²) in [7, 11) is 0. The summed E-state index contributed by atoms with van der Waals surface area (Å²) in [6.45, 7) is 8.96. The predicted molar refractivity (Wildman–Crippen MR) is 77.4 cm³/mol. The molecule has 0 radical (unpaired) electrons. The largest absolute Gasteiger partial charge is 0.376 e. The highest BCUT2D eigenvalue weighted by molar-refractivity contribution is 8.00. The second-order valence-corrected chi connectivity index (χ2v) is 5.10. The lowest BCUT2D eigenvalue weighted by Crippen LogP contribution is -2.11. The second kappa shape index (κ2) is 9.08. The Morgan fingerprint density at radius 1 is 1.18 bits per heavy atom. The normalized spacial score (nSPS) is 12.0. The molecule has 1 aromatic rings. The quantitative estimate of drug-likeness (QED) is 0.609. The highest BCUT2D eigenvalue weighted by Crippen LogP contribution is 2.16. The first kappa shape index (κ1) is 14.1. The molecule has 0 saturated heterocycles. The lowest BCUT2D eigenvalue weighted by molar-refractivity contribution is 0.122. The summed E-state index contributed by atoms with van der Waals surface area (Å²) in [6, 6.07) is 10.3. The number of benzene rings is 1. The van der Waals surface area contributed by atoms with E-state index >= 15 is 0 Å². The van der Waals surface area contributed by atoms with E-state index in [1.807, 2.05) is 42.1 Å². The third kappa shape index (κ3) is 6.35. The van der Waals surface area contributed by atoms with Crippen molar-refractivity contribution < 1.29 is 4.74 Å². The molecule has 0 aromatic heterocycles. The van der Waals surface area contributed by atoms with Crippen LogP contribution < -0.4 is 0 Å². The zero-order valence-electron chi connectivity index (χ0n) is 10.2. The molecule has 0 spiro atoms. The summed E-state index contributed by atoms with van der Waals surface area (Å²) in [5, 5.41) is 0.481. The molecule has 2 heteroatoms. The fourth-order valence-corrected chi connectivity index (χ4v) is 2.33. The fourth-order valence-electron chi connectivity index (χ4n) is 1.46. The molecule has 0 amide bonds. The van der Waals surface area contributed by atoms with Gasteiger partial charge in [0, 0.05) is 11.0 Å². The zero-order valence-corrected chi connectivity index (χ0v) is 11.0. The molecule has 0 saturated carbocycles. The van der Waals surface area contributed by atoms with E-state index in [4.69, 9.17) is 4.74 Å². The predicted octanol–water partition coefficient (Wildman–Crippen LogP) is 4.07. The molecule has 0 fully saturated rings. The maximum absolute atomic E-state index is 5.73. The van der Waals surface area contributed by atoms with Crippen molar-refractivity contribution in [3.05, 3.63) is 61.2 Å². The van der Waals surface area contributed by atoms with Crippen molar-refractivity contribution in [3.63, 3.8) is 0 Å². The molecular weight excluding hydrogens is 228 g/mol. The fraction of sp³-hybridized carbons (Fsp3) is 0.333. The highest BCUT2D eigenvalue weighted by Gasteiger charge is 2.06. The van der Waals surface area contributed by atoms with Gasteiger partial charge in [0.1, 0.15) is 0 Å². The van der Waals surface area contributed by atoms with Crippen LogP contribution in [0, 0.1) is 0 Å². The molecular formula is C15H20OS. The van der Waals surface area contributed by atoms with E-state index in [9.17, 15) is 0 Å². The van der Waals surface area contributed by atoms with Crippen LogP contribution in [0.1, 0.15) is 12.0 Å². The van der Waals surface area contributed by atoms with Crippen molar-refractivity contribution in [3.8, 4) is 0 Å². The SMILES string of the molecule is C=CCSC(CC=C)COCc1ccccc1. The lowest BCUT2D eigenvalue weighted by atomic mass is 10.2. The standard InChI is InChI=1S/C15H20OS/c1-3-8-15(17-11-4-2)13-16-12-14-9-6-5-7-10-14/h3-7,9-10,15H,1-2,8,11-13H2. The van der Waals surface area contributed by atoms with Gasteiger partial charge in [-0.2, -0.15) is 11.8 Å². The van der Waals surface area contributed by atoms with Gasteiger partial charge in [-0.15, -0.1) is 13.2 Å². The molecule has 1 atom stereocenters. The number of ether oxygens (including phenoxy) is 1. The molecule has 1 unspecified atom stereocenters. The summed E-state index contributed by atoms with van der Waals surface area (Å²) in [6.07, 6.45) is 4.86. The van der Waals surface area contributed by atoms with Gasteiger partial charge in [-0.1, -0.05) is 42.5 Å². The number of thioether (sulfide) groups is 1. The van der Waals surface area contributed by atoms with Crippen LogP contribution >= 0.6 is 11.8 Å². The first-order valence-electron chi connectivity index (χ1n) is 5.82. The van der Waals surface area contributed by atoms with Crippen molar-refractivity contribution >= 4 is 11.8 Å². The van der Waals surface area contributed by atoms with Gasteiger partial charge in [0.15, 0.2) is 0 Å². The number of hydrogen-bond acceptors (Lipinski definition) is 2. The average Bonchev–Trinajstić information content (AvgIpc) is 2.37. The van der Waals surface area contributed by atoms with Gasteiger partial charge in [0.25, 0.3) is 0 Å². The maximum Gasteiger partial charge on any atom is 0.0717 e. The molecule has 0 N–H and O–H groups in total.